The van der Waals surface area contributed by atoms with Crippen LogP contribution in [0.15, 0.2) is 85.5 Å². The summed E-state index contributed by atoms with van der Waals surface area (Å²) in [6, 6.07) is 23.9. The largest absolute Gasteiger partial charge is 0.508 e. The summed E-state index contributed by atoms with van der Waals surface area (Å²) in [5.41, 5.74) is 4.41. The Morgan fingerprint density at radius 1 is 0.956 bits per heavy atom. The molecule has 0 aliphatic carbocycles. The van der Waals surface area contributed by atoms with Gasteiger partial charge in [0.05, 0.1) is 18.7 Å². The van der Waals surface area contributed by atoms with E-state index in [2.05, 4.69) is 47.7 Å². The molecular formula is C37H46N4O4. The van der Waals surface area contributed by atoms with Gasteiger partial charge in [-0.05, 0) is 79.8 Å². The highest BCUT2D eigenvalue weighted by molar-refractivity contribution is 5.94. The third kappa shape index (κ3) is 7.82. The first-order chi connectivity index (χ1) is 21.8. The summed E-state index contributed by atoms with van der Waals surface area (Å²) in [4.78, 5) is 32.4. The molecule has 1 unspecified atom stereocenters. The summed E-state index contributed by atoms with van der Waals surface area (Å²) < 4.78 is 4.78. The van der Waals surface area contributed by atoms with E-state index < -0.39 is 0 Å². The molecule has 0 aromatic heterocycles. The molecular weight excluding hydrogens is 564 g/mol. The molecule has 8 heteroatoms. The standard InChI is InChI=1S/C37H46N4O4/c1-5-18-40-24-27(3)41(25-26(40)2)35(31-9-7-11-34(42)22-31)30-8-6-10-32(21-30)36(43)39-19-16-33(17-20-39)38-23-28-12-14-29(15-13-28)37(44)45-4/h5-15,21-22,26-27,33,35,38,42H,1,16-20,23-25H2,2-4H3/t26-,27-,35?/m1/s1. The first kappa shape index (κ1) is 32.4. The van der Waals surface area contributed by atoms with Crippen molar-refractivity contribution in [3.8, 4) is 5.75 Å². The van der Waals surface area contributed by atoms with Gasteiger partial charge in [0, 0.05) is 63.0 Å². The van der Waals surface area contributed by atoms with Crippen LogP contribution >= 0.6 is 0 Å². The number of esters is 1. The smallest absolute Gasteiger partial charge is 0.337 e. The van der Waals surface area contributed by atoms with E-state index >= 15 is 0 Å². The zero-order valence-electron chi connectivity index (χ0n) is 26.7. The zero-order chi connectivity index (χ0) is 31.9. The lowest BCUT2D eigenvalue weighted by Crippen LogP contribution is -2.57. The Morgan fingerprint density at radius 2 is 1.64 bits per heavy atom. The number of carbonyl (C=O) groups excluding carboxylic acids is 2. The maximum atomic E-state index is 13.8. The van der Waals surface area contributed by atoms with Gasteiger partial charge in [-0.25, -0.2) is 4.79 Å². The van der Waals surface area contributed by atoms with Crippen molar-refractivity contribution in [2.45, 2.75) is 57.4 Å². The molecule has 2 aliphatic rings. The SMILES string of the molecule is C=CCN1C[C@@H](C)N(C(c2cccc(O)c2)c2cccc(C(=O)N3CCC(NCc4ccc(C(=O)OC)cc4)CC3)c2)C[C@H]1C. The Bertz CT molecular complexity index is 1470. The molecule has 2 aliphatic heterocycles. The fraction of sp³-hybridized carbons (Fsp3) is 0.405. The van der Waals surface area contributed by atoms with Gasteiger partial charge in [0.25, 0.3) is 5.91 Å². The summed E-state index contributed by atoms with van der Waals surface area (Å²) in [6.07, 6.45) is 3.72. The normalized spacial score (nSPS) is 20.5. The molecule has 2 saturated heterocycles. The van der Waals surface area contributed by atoms with Gasteiger partial charge in [0.15, 0.2) is 0 Å². The highest BCUT2D eigenvalue weighted by atomic mass is 16.5. The second-order valence-electron chi connectivity index (χ2n) is 12.4. The van der Waals surface area contributed by atoms with Gasteiger partial charge in [-0.3, -0.25) is 14.6 Å². The Labute approximate surface area is 267 Å². The molecule has 5 rings (SSSR count). The number of nitrogens with one attached hydrogen (secondary N) is 1. The van der Waals surface area contributed by atoms with Crippen molar-refractivity contribution in [3.63, 3.8) is 0 Å². The van der Waals surface area contributed by atoms with Crippen molar-refractivity contribution in [2.75, 3.05) is 39.8 Å². The molecule has 45 heavy (non-hydrogen) atoms. The molecule has 2 N–H and O–H groups in total. The summed E-state index contributed by atoms with van der Waals surface area (Å²) in [7, 11) is 1.38. The van der Waals surface area contributed by atoms with E-state index in [1.165, 1.54) is 7.11 Å². The molecule has 2 heterocycles. The average Bonchev–Trinajstić information content (AvgIpc) is 3.06. The molecule has 238 valence electrons. The number of benzene rings is 3. The van der Waals surface area contributed by atoms with Gasteiger partial charge in [0.2, 0.25) is 0 Å². The van der Waals surface area contributed by atoms with Crippen LogP contribution in [0.2, 0.25) is 0 Å². The van der Waals surface area contributed by atoms with Crippen LogP contribution in [0.1, 0.15) is 70.1 Å². The summed E-state index contributed by atoms with van der Waals surface area (Å²) in [6.45, 7) is 13.2. The van der Waals surface area contributed by atoms with Crippen LogP contribution in [-0.2, 0) is 11.3 Å². The van der Waals surface area contributed by atoms with Crippen molar-refractivity contribution in [1.29, 1.82) is 0 Å². The van der Waals surface area contributed by atoms with Crippen LogP contribution in [0.3, 0.4) is 0 Å². The molecule has 3 aromatic rings. The number of hydrogen-bond acceptors (Lipinski definition) is 7. The summed E-state index contributed by atoms with van der Waals surface area (Å²) in [5, 5.41) is 14.0. The van der Waals surface area contributed by atoms with Crippen LogP contribution in [-0.4, -0.2) is 89.6 Å². The number of carbonyl (C=O) groups is 2. The maximum absolute atomic E-state index is 13.8. The summed E-state index contributed by atoms with van der Waals surface area (Å²) in [5.74, 6) is -0.0378. The number of ether oxygens (including phenoxy) is 1. The van der Waals surface area contributed by atoms with Gasteiger partial charge in [-0.15, -0.1) is 6.58 Å². The first-order valence-corrected chi connectivity index (χ1v) is 16.0. The molecule has 0 spiro atoms. The van der Waals surface area contributed by atoms with Crippen molar-refractivity contribution in [2.24, 2.45) is 0 Å². The molecule has 2 fully saturated rings. The fourth-order valence-corrected chi connectivity index (χ4v) is 6.72. The van der Waals surface area contributed by atoms with E-state index in [9.17, 15) is 14.7 Å². The van der Waals surface area contributed by atoms with Crippen LogP contribution in [0.4, 0.5) is 0 Å². The van der Waals surface area contributed by atoms with Crippen molar-refractivity contribution >= 4 is 11.9 Å². The Kier molecular flexibility index (Phi) is 10.7. The number of amides is 1. The predicted molar refractivity (Wildman–Crippen MR) is 177 cm³/mol. The number of nitrogens with zero attached hydrogens (tertiary/aromatic N) is 3. The average molecular weight is 611 g/mol. The topological polar surface area (TPSA) is 85.4 Å². The fourth-order valence-electron chi connectivity index (χ4n) is 6.72. The highest BCUT2D eigenvalue weighted by Gasteiger charge is 2.35. The minimum atomic E-state index is -0.335. The molecule has 0 bridgehead atoms. The number of piperazine rings is 1. The van der Waals surface area contributed by atoms with Gasteiger partial charge in [-0.1, -0.05) is 42.5 Å². The van der Waals surface area contributed by atoms with E-state index in [4.69, 9.17) is 4.74 Å². The van der Waals surface area contributed by atoms with Crippen LogP contribution in [0, 0.1) is 0 Å². The Hall–Kier alpha value is -3.98. The number of likely N-dealkylation sites (tertiary alicyclic amines) is 1. The third-order valence-electron chi connectivity index (χ3n) is 9.25. The number of phenols is 1. The highest BCUT2D eigenvalue weighted by Crippen LogP contribution is 2.35. The molecule has 1 amide bonds. The van der Waals surface area contributed by atoms with E-state index in [-0.39, 0.29) is 29.7 Å². The lowest BCUT2D eigenvalue weighted by atomic mass is 9.92. The molecule has 8 nitrogen and oxygen atoms in total. The Morgan fingerprint density at radius 3 is 2.31 bits per heavy atom. The molecule has 0 saturated carbocycles. The van der Waals surface area contributed by atoms with E-state index in [1.807, 2.05) is 53.4 Å². The number of phenolic OH excluding ortho intramolecular Hbond substituents is 1. The van der Waals surface area contributed by atoms with E-state index in [0.717, 1.165) is 49.2 Å². The molecule has 0 radical (unpaired) electrons. The van der Waals surface area contributed by atoms with Crippen LogP contribution in [0.5, 0.6) is 5.75 Å². The first-order valence-electron chi connectivity index (χ1n) is 16.0. The van der Waals surface area contributed by atoms with E-state index in [0.29, 0.717) is 42.8 Å². The van der Waals surface area contributed by atoms with E-state index in [1.54, 1.807) is 18.2 Å². The van der Waals surface area contributed by atoms with Gasteiger partial charge < -0.3 is 20.1 Å². The van der Waals surface area contributed by atoms with Gasteiger partial charge in [0.1, 0.15) is 5.75 Å². The maximum Gasteiger partial charge on any atom is 0.337 e. The monoisotopic (exact) mass is 610 g/mol. The van der Waals surface area contributed by atoms with Gasteiger partial charge >= 0.3 is 5.97 Å². The molecule has 3 aromatic carbocycles. The van der Waals surface area contributed by atoms with Crippen LogP contribution in [0.25, 0.3) is 0 Å². The summed E-state index contributed by atoms with van der Waals surface area (Å²) >= 11 is 0. The van der Waals surface area contributed by atoms with Crippen molar-refractivity contribution < 1.29 is 19.4 Å². The Balaban J connectivity index is 1.26. The minimum Gasteiger partial charge on any atom is -0.508 e. The predicted octanol–water partition coefficient (Wildman–Crippen LogP) is 5.24. The van der Waals surface area contributed by atoms with Crippen molar-refractivity contribution in [1.82, 2.24) is 20.0 Å². The number of piperidine rings is 1. The number of hydrogen-bond donors (Lipinski definition) is 2. The minimum absolute atomic E-state index is 0.0561. The lowest BCUT2D eigenvalue weighted by Gasteiger charge is -2.47. The van der Waals surface area contributed by atoms with Crippen molar-refractivity contribution in [3.05, 3.63) is 113 Å². The lowest BCUT2D eigenvalue weighted by molar-refractivity contribution is 0.0306. The van der Waals surface area contributed by atoms with Gasteiger partial charge in [-0.2, -0.15) is 0 Å². The molecule has 3 atom stereocenters. The second kappa shape index (κ2) is 14.9. The number of aromatic hydroxyl groups is 1. The zero-order valence-corrected chi connectivity index (χ0v) is 26.7. The number of rotatable bonds is 10. The second-order valence-corrected chi connectivity index (χ2v) is 12.4. The van der Waals surface area contributed by atoms with Crippen LogP contribution < -0.4 is 5.32 Å². The quantitative estimate of drug-likeness (QED) is 0.240. The number of methoxy groups -OCH3 is 1. The third-order valence-corrected chi connectivity index (χ3v) is 9.25.